The summed E-state index contributed by atoms with van der Waals surface area (Å²) in [4.78, 5) is 0. The van der Waals surface area contributed by atoms with Crippen molar-refractivity contribution in [3.05, 3.63) is 78.1 Å². The number of aromatic nitrogens is 3. The summed E-state index contributed by atoms with van der Waals surface area (Å²) in [6, 6.07) is 20.6. The number of rotatable bonds is 9. The van der Waals surface area contributed by atoms with Gasteiger partial charge in [-0.25, -0.2) is 4.68 Å². The Kier molecular flexibility index (Phi) is 6.25. The number of hydrogen-bond donors (Lipinski definition) is 1. The molecule has 2 aliphatic rings. The maximum atomic E-state index is 6.10. The van der Waals surface area contributed by atoms with Crippen LogP contribution < -0.4 is 10.1 Å². The van der Waals surface area contributed by atoms with Crippen LogP contribution >= 0.6 is 0 Å². The molecule has 3 aromatic rings. The molecule has 3 heterocycles. The van der Waals surface area contributed by atoms with Gasteiger partial charge in [0.15, 0.2) is 0 Å². The molecule has 2 fully saturated rings. The largest absolute Gasteiger partial charge is 0.487 e. The minimum atomic E-state index is -0.00350. The van der Waals surface area contributed by atoms with Crippen molar-refractivity contribution < 1.29 is 14.2 Å². The molecule has 0 amide bonds. The van der Waals surface area contributed by atoms with Gasteiger partial charge >= 0.3 is 0 Å². The van der Waals surface area contributed by atoms with E-state index in [0.29, 0.717) is 19.8 Å². The van der Waals surface area contributed by atoms with E-state index in [1.807, 2.05) is 41.2 Å². The van der Waals surface area contributed by atoms with Gasteiger partial charge in [-0.1, -0.05) is 53.7 Å². The number of fused-ring (bicyclic) bond motifs is 1. The van der Waals surface area contributed by atoms with Gasteiger partial charge in [0.1, 0.15) is 36.3 Å². The van der Waals surface area contributed by atoms with Crippen molar-refractivity contribution in [3.8, 4) is 5.75 Å². The van der Waals surface area contributed by atoms with Crippen molar-refractivity contribution in [2.24, 2.45) is 0 Å². The molecule has 1 N–H and O–H groups in total. The molecule has 1 aromatic heterocycles. The minimum absolute atomic E-state index is 0.00350. The van der Waals surface area contributed by atoms with E-state index < -0.39 is 0 Å². The first-order valence-corrected chi connectivity index (χ1v) is 11.0. The van der Waals surface area contributed by atoms with Gasteiger partial charge in [0.05, 0.1) is 25.5 Å². The Bertz CT molecular complexity index is 950. The molecule has 31 heavy (non-hydrogen) atoms. The molecule has 4 atom stereocenters. The molecular formula is C24H28N4O3. The smallest absolute Gasteiger partial charge is 0.134 e. The van der Waals surface area contributed by atoms with Crippen molar-refractivity contribution in [2.45, 2.75) is 43.7 Å². The molecule has 0 radical (unpaired) electrons. The predicted octanol–water partition coefficient (Wildman–Crippen LogP) is 2.79. The molecule has 162 valence electrons. The summed E-state index contributed by atoms with van der Waals surface area (Å²) in [6.45, 7) is 2.58. The second kappa shape index (κ2) is 9.60. The van der Waals surface area contributed by atoms with E-state index in [2.05, 4.69) is 46.0 Å². The highest BCUT2D eigenvalue weighted by atomic mass is 16.6. The highest BCUT2D eigenvalue weighted by molar-refractivity contribution is 5.21. The minimum Gasteiger partial charge on any atom is -0.487 e. The van der Waals surface area contributed by atoms with Gasteiger partial charge in [-0.2, -0.15) is 0 Å². The summed E-state index contributed by atoms with van der Waals surface area (Å²) in [5.74, 6) is 0.821. The average molecular weight is 421 g/mol. The van der Waals surface area contributed by atoms with Crippen molar-refractivity contribution in [3.63, 3.8) is 0 Å². The Balaban J connectivity index is 1.10. The standard InChI is InChI=1S/C24H28N4O3/c1-3-8-18(9-4-1)10-7-13-25-21-16-30-24-22(17-31-23(21)24)28-14-19(26-27-28)15-29-20-11-5-2-6-12-20/h1-6,8-9,11-12,14,21-25H,7,10,13,15-17H2. The molecule has 0 aliphatic carbocycles. The van der Waals surface area contributed by atoms with Crippen molar-refractivity contribution in [1.82, 2.24) is 20.3 Å². The van der Waals surface area contributed by atoms with Crippen LogP contribution in [0.4, 0.5) is 0 Å². The third-order valence-corrected chi connectivity index (χ3v) is 5.95. The molecule has 0 spiro atoms. The third-order valence-electron chi connectivity index (χ3n) is 5.95. The van der Waals surface area contributed by atoms with Gasteiger partial charge in [-0.3, -0.25) is 0 Å². The van der Waals surface area contributed by atoms with Crippen LogP contribution in [-0.2, 0) is 22.5 Å². The van der Waals surface area contributed by atoms with Crippen LogP contribution in [0.2, 0.25) is 0 Å². The lowest BCUT2D eigenvalue weighted by molar-refractivity contribution is 0.0620. The van der Waals surface area contributed by atoms with E-state index in [1.165, 1.54) is 5.56 Å². The van der Waals surface area contributed by atoms with Gasteiger partial charge in [0, 0.05) is 0 Å². The zero-order chi connectivity index (χ0) is 20.9. The summed E-state index contributed by atoms with van der Waals surface area (Å²) in [5.41, 5.74) is 2.17. The second-order valence-electron chi connectivity index (χ2n) is 8.10. The molecule has 2 aliphatic heterocycles. The molecule has 0 bridgehead atoms. The van der Waals surface area contributed by atoms with E-state index in [-0.39, 0.29) is 24.3 Å². The zero-order valence-electron chi connectivity index (χ0n) is 17.5. The quantitative estimate of drug-likeness (QED) is 0.537. The summed E-state index contributed by atoms with van der Waals surface area (Å²) in [7, 11) is 0. The van der Waals surface area contributed by atoms with E-state index >= 15 is 0 Å². The summed E-state index contributed by atoms with van der Waals surface area (Å²) in [6.07, 6.45) is 4.15. The summed E-state index contributed by atoms with van der Waals surface area (Å²) in [5, 5.41) is 12.2. The monoisotopic (exact) mass is 420 g/mol. The first-order valence-electron chi connectivity index (χ1n) is 11.0. The van der Waals surface area contributed by atoms with Crippen molar-refractivity contribution in [1.29, 1.82) is 0 Å². The Morgan fingerprint density at radius 1 is 0.968 bits per heavy atom. The topological polar surface area (TPSA) is 70.4 Å². The van der Waals surface area contributed by atoms with Crippen LogP contribution in [-0.4, -0.2) is 53.0 Å². The molecule has 0 saturated carbocycles. The second-order valence-corrected chi connectivity index (χ2v) is 8.10. The van der Waals surface area contributed by atoms with Crippen LogP contribution in [0.3, 0.4) is 0 Å². The van der Waals surface area contributed by atoms with E-state index in [1.54, 1.807) is 0 Å². The lowest BCUT2D eigenvalue weighted by Crippen LogP contribution is -2.41. The molecule has 7 nitrogen and oxygen atoms in total. The van der Waals surface area contributed by atoms with Gasteiger partial charge < -0.3 is 19.5 Å². The normalized spacial score (nSPS) is 24.9. The number of hydrogen-bond acceptors (Lipinski definition) is 6. The SMILES string of the molecule is c1ccc(CCCNC2COC3C2OCC3n2cc(COc3ccccc3)nn2)cc1. The third kappa shape index (κ3) is 4.79. The zero-order valence-corrected chi connectivity index (χ0v) is 17.5. The fourth-order valence-corrected chi connectivity index (χ4v) is 4.32. The lowest BCUT2D eigenvalue weighted by Gasteiger charge is -2.17. The number of benzene rings is 2. The number of nitrogens with zero attached hydrogens (tertiary/aromatic N) is 3. The molecule has 4 unspecified atom stereocenters. The van der Waals surface area contributed by atoms with Crippen molar-refractivity contribution in [2.75, 3.05) is 19.8 Å². The van der Waals surface area contributed by atoms with E-state index in [4.69, 9.17) is 14.2 Å². The Morgan fingerprint density at radius 3 is 2.58 bits per heavy atom. The number of aryl methyl sites for hydroxylation is 1. The molecule has 7 heteroatoms. The molecule has 2 saturated heterocycles. The summed E-state index contributed by atoms with van der Waals surface area (Å²) < 4.78 is 19.8. The fourth-order valence-electron chi connectivity index (χ4n) is 4.32. The number of nitrogens with one attached hydrogen (secondary N) is 1. The lowest BCUT2D eigenvalue weighted by atomic mass is 10.1. The van der Waals surface area contributed by atoms with Gasteiger partial charge in [0.25, 0.3) is 0 Å². The van der Waals surface area contributed by atoms with Crippen LogP contribution in [0.15, 0.2) is 66.9 Å². The van der Waals surface area contributed by atoms with Crippen LogP contribution in [0.1, 0.15) is 23.7 Å². The highest BCUT2D eigenvalue weighted by Crippen LogP contribution is 2.34. The number of ether oxygens (including phenoxy) is 3. The predicted molar refractivity (Wildman–Crippen MR) is 116 cm³/mol. The van der Waals surface area contributed by atoms with E-state index in [9.17, 15) is 0 Å². The van der Waals surface area contributed by atoms with E-state index in [0.717, 1.165) is 30.8 Å². The Morgan fingerprint density at radius 2 is 1.74 bits per heavy atom. The van der Waals surface area contributed by atoms with Gasteiger partial charge in [-0.05, 0) is 37.1 Å². The van der Waals surface area contributed by atoms with Crippen LogP contribution in [0, 0.1) is 0 Å². The maximum absolute atomic E-state index is 6.10. The first kappa shape index (κ1) is 20.2. The Labute approximate surface area is 182 Å². The van der Waals surface area contributed by atoms with Gasteiger partial charge in [0.2, 0.25) is 0 Å². The maximum Gasteiger partial charge on any atom is 0.134 e. The summed E-state index contributed by atoms with van der Waals surface area (Å²) >= 11 is 0. The first-order chi connectivity index (χ1) is 15.4. The number of para-hydroxylation sites is 1. The van der Waals surface area contributed by atoms with Crippen molar-refractivity contribution >= 4 is 0 Å². The molecular weight excluding hydrogens is 392 g/mol. The van der Waals surface area contributed by atoms with Crippen LogP contribution in [0.25, 0.3) is 0 Å². The molecule has 2 aromatic carbocycles. The highest BCUT2D eigenvalue weighted by Gasteiger charge is 2.48. The Hall–Kier alpha value is -2.74. The molecule has 5 rings (SSSR count). The average Bonchev–Trinajstić information content (AvgIpc) is 3.54. The van der Waals surface area contributed by atoms with Gasteiger partial charge in [-0.15, -0.1) is 5.10 Å². The fraction of sp³-hybridized carbons (Fsp3) is 0.417. The van der Waals surface area contributed by atoms with Crippen LogP contribution in [0.5, 0.6) is 5.75 Å².